The minimum Gasteiger partial charge on any atom is -0.213 e. The molecule has 1 heterocycles. The number of sulfonamides is 1. The molecule has 1 fully saturated rings. The van der Waals surface area contributed by atoms with Crippen LogP contribution < -0.4 is 0 Å². The molecule has 1 saturated heterocycles. The Balaban J connectivity index is 2.05. The van der Waals surface area contributed by atoms with Crippen molar-refractivity contribution >= 4 is 10.0 Å². The Hall–Kier alpha value is -0.870. The van der Waals surface area contributed by atoms with Crippen molar-refractivity contribution in [3.63, 3.8) is 0 Å². The molecule has 1 aromatic rings. The van der Waals surface area contributed by atoms with Gasteiger partial charge in [0.25, 0.3) is 0 Å². The summed E-state index contributed by atoms with van der Waals surface area (Å²) < 4.78 is 24.7. The van der Waals surface area contributed by atoms with E-state index in [1.165, 1.54) is 17.4 Å². The van der Waals surface area contributed by atoms with E-state index in [1.807, 2.05) is 0 Å². The lowest BCUT2D eigenvalue weighted by Crippen LogP contribution is -2.27. The average Bonchev–Trinajstić information content (AvgIpc) is 2.76. The number of hydrogen-bond acceptors (Lipinski definition) is 2. The molecule has 0 bridgehead atoms. The Morgan fingerprint density at radius 2 is 2.00 bits per heavy atom. The topological polar surface area (TPSA) is 37.4 Å². The number of nitrogens with zero attached hydrogens (tertiary/aromatic N) is 1. The van der Waals surface area contributed by atoms with Gasteiger partial charge in [-0.25, -0.2) is 12.7 Å². The van der Waals surface area contributed by atoms with Crippen LogP contribution in [0.3, 0.4) is 0 Å². The highest BCUT2D eigenvalue weighted by Crippen LogP contribution is 2.26. The lowest BCUT2D eigenvalue weighted by molar-refractivity contribution is 0.460. The van der Waals surface area contributed by atoms with Crippen LogP contribution in [-0.2, 0) is 21.9 Å². The van der Waals surface area contributed by atoms with E-state index in [0.29, 0.717) is 19.0 Å². The molecule has 0 saturated carbocycles. The quantitative estimate of drug-likeness (QED) is 0.860. The first-order valence-corrected chi connectivity index (χ1v) is 9.05. The molecular weight excluding hydrogens is 270 g/mol. The molecule has 0 aliphatic carbocycles. The van der Waals surface area contributed by atoms with Gasteiger partial charge >= 0.3 is 0 Å². The van der Waals surface area contributed by atoms with Crippen molar-refractivity contribution in [2.24, 2.45) is 5.92 Å². The van der Waals surface area contributed by atoms with Crippen molar-refractivity contribution in [3.05, 3.63) is 35.4 Å². The fraction of sp³-hybridized carbons (Fsp3) is 0.625. The lowest BCUT2D eigenvalue weighted by Gasteiger charge is -2.20. The van der Waals surface area contributed by atoms with E-state index >= 15 is 0 Å². The molecule has 0 spiro atoms. The van der Waals surface area contributed by atoms with Crippen molar-refractivity contribution < 1.29 is 8.42 Å². The summed E-state index contributed by atoms with van der Waals surface area (Å²) in [6, 6.07) is 8.70. The number of rotatable bonds is 3. The third kappa shape index (κ3) is 3.83. The summed E-state index contributed by atoms with van der Waals surface area (Å²) in [5.74, 6) is 0.444. The van der Waals surface area contributed by atoms with Gasteiger partial charge in [0.2, 0.25) is 10.0 Å². The fourth-order valence-corrected chi connectivity index (χ4v) is 3.68. The molecule has 0 N–H and O–H groups in total. The van der Waals surface area contributed by atoms with E-state index in [1.54, 1.807) is 4.31 Å². The summed E-state index contributed by atoms with van der Waals surface area (Å²) >= 11 is 0. The van der Waals surface area contributed by atoms with Gasteiger partial charge in [-0.05, 0) is 35.3 Å². The predicted octanol–water partition coefficient (Wildman–Crippen LogP) is 2.81. The highest BCUT2D eigenvalue weighted by Gasteiger charge is 2.28. The summed E-state index contributed by atoms with van der Waals surface area (Å²) in [4.78, 5) is 0. The fourth-order valence-electron chi connectivity index (χ4n) is 2.76. The molecule has 20 heavy (non-hydrogen) atoms. The first-order valence-electron chi connectivity index (χ1n) is 7.21. The first kappa shape index (κ1) is 15.5. The van der Waals surface area contributed by atoms with Crippen molar-refractivity contribution in [1.29, 1.82) is 0 Å². The molecule has 1 unspecified atom stereocenters. The third-order valence-electron chi connectivity index (χ3n) is 4.03. The molecule has 0 radical (unpaired) electrons. The molecule has 4 heteroatoms. The Morgan fingerprint density at radius 1 is 1.30 bits per heavy atom. The Morgan fingerprint density at radius 3 is 2.55 bits per heavy atom. The van der Waals surface area contributed by atoms with Crippen LogP contribution in [0.5, 0.6) is 0 Å². The first-order chi connectivity index (χ1) is 9.16. The zero-order valence-electron chi connectivity index (χ0n) is 12.9. The molecule has 1 aromatic carbocycles. The standard InChI is InChI=1S/C16H25NO2S/c1-16(2,3)15-7-5-6-13(11-15)10-14-8-9-17(12-14)20(4,18)19/h5-7,11,14H,8-10,12H2,1-4H3. The van der Waals surface area contributed by atoms with Gasteiger partial charge in [-0.3, -0.25) is 0 Å². The van der Waals surface area contributed by atoms with Crippen molar-refractivity contribution in [3.8, 4) is 0 Å². The van der Waals surface area contributed by atoms with Crippen LogP contribution >= 0.6 is 0 Å². The molecule has 2 rings (SSSR count). The maximum absolute atomic E-state index is 11.5. The molecule has 1 aliphatic heterocycles. The Labute approximate surface area is 123 Å². The van der Waals surface area contributed by atoms with Crippen LogP contribution in [-0.4, -0.2) is 32.1 Å². The van der Waals surface area contributed by atoms with E-state index < -0.39 is 10.0 Å². The molecule has 1 atom stereocenters. The van der Waals surface area contributed by atoms with Gasteiger partial charge in [-0.1, -0.05) is 45.0 Å². The van der Waals surface area contributed by atoms with Crippen LogP contribution in [0.25, 0.3) is 0 Å². The van der Waals surface area contributed by atoms with E-state index in [2.05, 4.69) is 45.0 Å². The summed E-state index contributed by atoms with van der Waals surface area (Å²) in [7, 11) is -3.03. The summed E-state index contributed by atoms with van der Waals surface area (Å²) in [6.07, 6.45) is 3.23. The molecule has 3 nitrogen and oxygen atoms in total. The van der Waals surface area contributed by atoms with E-state index in [0.717, 1.165) is 12.8 Å². The second kappa shape index (κ2) is 5.49. The van der Waals surface area contributed by atoms with Gasteiger partial charge in [-0.15, -0.1) is 0 Å². The lowest BCUT2D eigenvalue weighted by atomic mass is 9.85. The minimum absolute atomic E-state index is 0.157. The van der Waals surface area contributed by atoms with E-state index in [9.17, 15) is 8.42 Å². The predicted molar refractivity (Wildman–Crippen MR) is 83.4 cm³/mol. The Kier molecular flexibility index (Phi) is 4.26. The smallest absolute Gasteiger partial charge is 0.211 e. The summed E-state index contributed by atoms with van der Waals surface area (Å²) in [5.41, 5.74) is 2.82. The van der Waals surface area contributed by atoms with Crippen LogP contribution in [0.15, 0.2) is 24.3 Å². The Bertz CT molecular complexity index is 572. The van der Waals surface area contributed by atoms with Crippen LogP contribution in [0.4, 0.5) is 0 Å². The maximum Gasteiger partial charge on any atom is 0.211 e. The molecule has 0 aromatic heterocycles. The minimum atomic E-state index is -3.03. The van der Waals surface area contributed by atoms with Crippen LogP contribution in [0, 0.1) is 5.92 Å². The highest BCUT2D eigenvalue weighted by atomic mass is 32.2. The maximum atomic E-state index is 11.5. The summed E-state index contributed by atoms with van der Waals surface area (Å²) in [5, 5.41) is 0. The molecule has 0 amide bonds. The normalized spacial score (nSPS) is 21.3. The zero-order chi connectivity index (χ0) is 15.0. The zero-order valence-corrected chi connectivity index (χ0v) is 13.7. The van der Waals surface area contributed by atoms with Gasteiger partial charge in [0.05, 0.1) is 6.26 Å². The van der Waals surface area contributed by atoms with Crippen molar-refractivity contribution in [1.82, 2.24) is 4.31 Å². The van der Waals surface area contributed by atoms with Crippen LogP contribution in [0.2, 0.25) is 0 Å². The number of benzene rings is 1. The van der Waals surface area contributed by atoms with Gasteiger partial charge < -0.3 is 0 Å². The van der Waals surface area contributed by atoms with Gasteiger partial charge in [-0.2, -0.15) is 0 Å². The average molecular weight is 295 g/mol. The second-order valence-electron chi connectivity index (χ2n) is 6.93. The molecule has 112 valence electrons. The van der Waals surface area contributed by atoms with Gasteiger partial charge in [0.15, 0.2) is 0 Å². The molecule has 1 aliphatic rings. The monoisotopic (exact) mass is 295 g/mol. The largest absolute Gasteiger partial charge is 0.213 e. The van der Waals surface area contributed by atoms with Gasteiger partial charge in [0.1, 0.15) is 0 Å². The van der Waals surface area contributed by atoms with Crippen molar-refractivity contribution in [2.45, 2.75) is 39.0 Å². The molecular formula is C16H25NO2S. The second-order valence-corrected chi connectivity index (χ2v) is 8.91. The third-order valence-corrected chi connectivity index (χ3v) is 5.30. The van der Waals surface area contributed by atoms with Crippen LogP contribution in [0.1, 0.15) is 38.3 Å². The van der Waals surface area contributed by atoms with E-state index in [-0.39, 0.29) is 5.41 Å². The number of hydrogen-bond donors (Lipinski definition) is 0. The van der Waals surface area contributed by atoms with E-state index in [4.69, 9.17) is 0 Å². The highest BCUT2D eigenvalue weighted by molar-refractivity contribution is 7.88. The SMILES string of the molecule is CC(C)(C)c1cccc(CC2CCN(S(C)(=O)=O)C2)c1. The summed E-state index contributed by atoms with van der Waals surface area (Å²) in [6.45, 7) is 7.98. The van der Waals surface area contributed by atoms with Crippen molar-refractivity contribution in [2.75, 3.05) is 19.3 Å². The van der Waals surface area contributed by atoms with Gasteiger partial charge in [0, 0.05) is 13.1 Å².